The van der Waals surface area contributed by atoms with E-state index in [1.54, 1.807) is 47.8 Å². The van der Waals surface area contributed by atoms with Gasteiger partial charge >= 0.3 is 0 Å². The van der Waals surface area contributed by atoms with Gasteiger partial charge in [0.25, 0.3) is 0 Å². The molecule has 10 nitrogen and oxygen atoms in total. The zero-order chi connectivity index (χ0) is 42.3. The lowest BCUT2D eigenvalue weighted by atomic mass is 9.79. The molecule has 14 heteroatoms. The van der Waals surface area contributed by atoms with E-state index in [9.17, 15) is 26.7 Å². The van der Waals surface area contributed by atoms with E-state index in [1.807, 2.05) is 72.8 Å². The van der Waals surface area contributed by atoms with Crippen LogP contribution in [0.3, 0.4) is 0 Å². The molecule has 4 aliphatic rings. The molecule has 2 heterocycles. The van der Waals surface area contributed by atoms with Crippen LogP contribution in [0.25, 0.3) is 5.57 Å². The Labute approximate surface area is 364 Å². The van der Waals surface area contributed by atoms with E-state index in [1.165, 1.54) is 0 Å². The van der Waals surface area contributed by atoms with Crippen molar-refractivity contribution < 1.29 is 31.3 Å². The number of thioether (sulfide) groups is 2. The highest BCUT2D eigenvalue weighted by molar-refractivity contribution is 7.99. The molecule has 0 bridgehead atoms. The minimum absolute atomic E-state index is 0.124. The molecule has 2 unspecified atom stereocenters. The fourth-order valence-corrected chi connectivity index (χ4v) is 12.6. The van der Waals surface area contributed by atoms with Crippen molar-refractivity contribution in [1.82, 2.24) is 4.72 Å². The molecule has 2 aliphatic heterocycles. The zero-order valence-electron chi connectivity index (χ0n) is 34.3. The second kappa shape index (κ2) is 19.6. The Kier molecular flexibility index (Phi) is 14.4. The van der Waals surface area contributed by atoms with E-state index >= 15 is 0 Å². The number of ketones is 1. The second-order valence-electron chi connectivity index (χ2n) is 15.8. The number of nitrogens with one attached hydrogen (secondary N) is 2. The van der Waals surface area contributed by atoms with Gasteiger partial charge in [-0.3, -0.25) is 14.2 Å². The lowest BCUT2D eigenvalue weighted by molar-refractivity contribution is -0.571. The zero-order valence-corrected chi connectivity index (χ0v) is 37.5. The molecule has 0 radical (unpaired) electrons. The maximum atomic E-state index is 14.3. The normalized spacial score (nSPS) is 22.4. The van der Waals surface area contributed by atoms with Crippen LogP contribution in [0.4, 0.5) is 11.4 Å². The van der Waals surface area contributed by atoms with Crippen molar-refractivity contribution in [3.05, 3.63) is 125 Å². The molecule has 0 spiro atoms. The number of hydrogen-bond acceptors (Lipinski definition) is 9. The lowest BCUT2D eigenvalue weighted by Gasteiger charge is -2.37. The number of benzene rings is 3. The number of anilines is 2. The summed E-state index contributed by atoms with van der Waals surface area (Å²) in [7, 11) is -7.74. The first-order valence-corrected chi connectivity index (χ1v) is 26.2. The van der Waals surface area contributed by atoms with Crippen molar-refractivity contribution in [2.24, 2.45) is 0 Å². The van der Waals surface area contributed by atoms with E-state index in [-0.39, 0.29) is 57.3 Å². The van der Waals surface area contributed by atoms with E-state index in [4.69, 9.17) is 0 Å². The molecule has 2 fully saturated rings. The number of carbonyl (C=O) groups is 1. The maximum Gasteiger partial charge on any atom is 0.232 e. The van der Waals surface area contributed by atoms with Crippen molar-refractivity contribution in [3.63, 3.8) is 0 Å². The van der Waals surface area contributed by atoms with Crippen LogP contribution in [0, 0.1) is 0 Å². The summed E-state index contributed by atoms with van der Waals surface area (Å²) in [5, 5.41) is 14.3. The molecule has 3 aromatic carbocycles. The largest absolute Gasteiger partial charge is 0.871 e. The molecule has 0 amide bonds. The van der Waals surface area contributed by atoms with Crippen LogP contribution in [0.2, 0.25) is 0 Å². The molecule has 60 heavy (non-hydrogen) atoms. The summed E-state index contributed by atoms with van der Waals surface area (Å²) < 4.78 is 62.3. The molecule has 0 saturated carbocycles. The summed E-state index contributed by atoms with van der Waals surface area (Å²) in [4.78, 5) is 18.7. The fourth-order valence-electron chi connectivity index (χ4n) is 8.22. The summed E-state index contributed by atoms with van der Waals surface area (Å²) in [6.45, 7) is 5.91. The van der Waals surface area contributed by atoms with Gasteiger partial charge in [-0.2, -0.15) is 0 Å². The summed E-state index contributed by atoms with van der Waals surface area (Å²) >= 11 is 3.17. The van der Waals surface area contributed by atoms with E-state index < -0.39 is 31.6 Å². The third-order valence-electron chi connectivity index (χ3n) is 11.4. The molecule has 0 aromatic heterocycles. The molecule has 2 atom stereocenters. The van der Waals surface area contributed by atoms with Gasteiger partial charge in [-0.15, -0.1) is 23.5 Å². The molecule has 2 N–H and O–H groups in total. The summed E-state index contributed by atoms with van der Waals surface area (Å²) in [6, 6.07) is 25.3. The summed E-state index contributed by atoms with van der Waals surface area (Å²) in [5.41, 5.74) is 2.16. The monoisotopic (exact) mass is 886 g/mol. The minimum Gasteiger partial charge on any atom is -0.871 e. The fraction of sp³-hybridized carbons (Fsp3) is 0.391. The highest BCUT2D eigenvalue weighted by atomic mass is 32.2. The lowest BCUT2D eigenvalue weighted by Crippen LogP contribution is -2.37. The summed E-state index contributed by atoms with van der Waals surface area (Å²) in [5.74, 6) is -0.188. The van der Waals surface area contributed by atoms with E-state index in [0.717, 1.165) is 72.8 Å². The van der Waals surface area contributed by atoms with Gasteiger partial charge in [-0.05, 0) is 106 Å². The Morgan fingerprint density at radius 1 is 0.767 bits per heavy atom. The van der Waals surface area contributed by atoms with Crippen LogP contribution in [0.15, 0.2) is 129 Å². The number of rotatable bonds is 16. The topological polar surface area (TPSA) is 139 Å². The van der Waals surface area contributed by atoms with Crippen molar-refractivity contribution in [2.75, 3.05) is 45.7 Å². The number of hydrogen-bond donors (Lipinski definition) is 2. The van der Waals surface area contributed by atoms with Crippen molar-refractivity contribution in [3.8, 4) is 0 Å². The highest BCUT2D eigenvalue weighted by Gasteiger charge is 2.36. The first kappa shape index (κ1) is 43.8. The first-order chi connectivity index (χ1) is 28.9. The van der Waals surface area contributed by atoms with Crippen LogP contribution in [0.1, 0.15) is 70.8 Å². The summed E-state index contributed by atoms with van der Waals surface area (Å²) in [6.07, 6.45) is 12.3. The van der Waals surface area contributed by atoms with Crippen LogP contribution in [-0.4, -0.2) is 81.1 Å². The van der Waals surface area contributed by atoms with Crippen LogP contribution in [-0.2, 0) is 24.8 Å². The highest BCUT2D eigenvalue weighted by Crippen LogP contribution is 2.43. The maximum absolute atomic E-state index is 14.3. The van der Waals surface area contributed by atoms with Gasteiger partial charge in [0.05, 0.1) is 22.9 Å². The third-order valence-corrected chi connectivity index (χ3v) is 16.3. The van der Waals surface area contributed by atoms with Crippen molar-refractivity contribution in [2.45, 2.75) is 87.1 Å². The van der Waals surface area contributed by atoms with Crippen LogP contribution < -0.4 is 19.5 Å². The second-order valence-corrected chi connectivity index (χ2v) is 21.8. The van der Waals surface area contributed by atoms with Gasteiger partial charge < -0.3 is 10.0 Å². The SMILES string of the molecule is CC1CCCCN1c1ccc(C2=C([O-])/C(=C3C=C/C(=[N+]4/CCCCC4C)C=C/3NS(=O)(=O)CCCSc3ccccc3)C2=O)c(NS(=O)(=O)CCCSc2ccccc2)c1. The molecule has 2 aliphatic carbocycles. The first-order valence-electron chi connectivity index (χ1n) is 20.9. The number of allylic oxidation sites excluding steroid dienone is 5. The molecular formula is C46H54N4O6S4. The quantitative estimate of drug-likeness (QED) is 0.0648. The van der Waals surface area contributed by atoms with Crippen LogP contribution in [0.5, 0.6) is 0 Å². The van der Waals surface area contributed by atoms with Crippen molar-refractivity contribution in [1.29, 1.82) is 0 Å². The van der Waals surface area contributed by atoms with E-state index in [0.29, 0.717) is 24.3 Å². The number of carbonyl (C=O) groups excluding carboxylic acids is 1. The van der Waals surface area contributed by atoms with Crippen LogP contribution >= 0.6 is 23.5 Å². The van der Waals surface area contributed by atoms with Gasteiger partial charge in [0.15, 0.2) is 11.8 Å². The van der Waals surface area contributed by atoms with Gasteiger partial charge in [-0.25, -0.2) is 21.4 Å². The Bertz CT molecular complexity index is 2450. The van der Waals surface area contributed by atoms with Gasteiger partial charge in [0.1, 0.15) is 6.54 Å². The predicted octanol–water partition coefficient (Wildman–Crippen LogP) is 7.52. The average molecular weight is 887 g/mol. The molecule has 3 aromatic rings. The van der Waals surface area contributed by atoms with Gasteiger partial charge in [0.2, 0.25) is 25.8 Å². The number of piperidine rings is 2. The third kappa shape index (κ3) is 10.8. The molecule has 7 rings (SSSR count). The smallest absolute Gasteiger partial charge is 0.232 e. The Morgan fingerprint density at radius 2 is 1.40 bits per heavy atom. The van der Waals surface area contributed by atoms with Gasteiger partial charge in [0, 0.05) is 75.3 Å². The average Bonchev–Trinajstić information content (AvgIpc) is 3.23. The number of nitrogens with zero attached hydrogens (tertiary/aromatic N) is 2. The Hall–Kier alpha value is -4.24. The molecule has 2 saturated heterocycles. The van der Waals surface area contributed by atoms with Crippen molar-refractivity contribution >= 4 is 72.0 Å². The Morgan fingerprint density at radius 3 is 2.02 bits per heavy atom. The number of Topliss-reactive ketones (excluding diaryl/α,β-unsaturated/α-hetero) is 1. The number of sulfonamides is 2. The predicted molar refractivity (Wildman–Crippen MR) is 245 cm³/mol. The minimum atomic E-state index is -3.87. The molecule has 318 valence electrons. The molecular weight excluding hydrogens is 833 g/mol. The van der Waals surface area contributed by atoms with Gasteiger partial charge in [-0.1, -0.05) is 48.2 Å². The standard InChI is InChI=1S/C46H54N4O6S4/c1-33-15-9-11-25-49(33)35-21-23-39(41(31-35)47-59(53,54)29-13-27-57-37-17-5-3-6-18-37)43-45(51)44(46(43)52)40-24-22-36(50-26-12-10-16-34(50)2)32-42(40)48-60(55,56)30-14-28-58-38-19-7-4-8-20-38/h3-8,17-24,31-34H,9-16,25-30H2,1-2H3,(H2,47,48,51,52). The Balaban J connectivity index is 1.19. The van der Waals surface area contributed by atoms with E-state index in [2.05, 4.69) is 32.8 Å².